The molecule has 0 radical (unpaired) electrons. The number of aromatic nitrogens is 2. The first-order valence-corrected chi connectivity index (χ1v) is 7.60. The molecule has 102 valence electrons. The lowest BCUT2D eigenvalue weighted by Gasteiger charge is -2.09. The zero-order chi connectivity index (χ0) is 13.8. The molecule has 2 N–H and O–H groups in total. The van der Waals surface area contributed by atoms with Crippen LogP contribution in [0.25, 0.3) is 0 Å². The first-order chi connectivity index (χ1) is 8.35. The second-order valence-electron chi connectivity index (χ2n) is 3.78. The molecule has 0 unspecified atom stereocenters. The first kappa shape index (κ1) is 15.1. The van der Waals surface area contributed by atoms with Crippen LogP contribution in [0.1, 0.15) is 18.3 Å². The summed E-state index contributed by atoms with van der Waals surface area (Å²) in [5.41, 5.74) is 1.52. The normalized spacial score (nSPS) is 11.6. The van der Waals surface area contributed by atoms with Gasteiger partial charge in [-0.2, -0.15) is 0 Å². The molecule has 8 heteroatoms. The minimum atomic E-state index is -3.24. The third-order valence-electron chi connectivity index (χ3n) is 2.29. The highest BCUT2D eigenvalue weighted by Crippen LogP contribution is 2.17. The van der Waals surface area contributed by atoms with Crippen molar-refractivity contribution in [3.63, 3.8) is 0 Å². The van der Waals surface area contributed by atoms with Gasteiger partial charge in [-0.1, -0.05) is 18.5 Å². The predicted octanol–water partition coefficient (Wildman–Crippen LogP) is 1.10. The summed E-state index contributed by atoms with van der Waals surface area (Å²) in [6.07, 6.45) is 0. The van der Waals surface area contributed by atoms with Crippen LogP contribution in [0.3, 0.4) is 0 Å². The zero-order valence-electron chi connectivity index (χ0n) is 10.6. The van der Waals surface area contributed by atoms with E-state index in [4.69, 9.17) is 11.6 Å². The van der Waals surface area contributed by atoms with Crippen LogP contribution in [0.15, 0.2) is 0 Å². The monoisotopic (exact) mass is 292 g/mol. The molecule has 0 saturated heterocycles. The lowest BCUT2D eigenvalue weighted by molar-refractivity contribution is 0.584. The quantitative estimate of drug-likeness (QED) is 0.820. The molecular formula is C10H17ClN4O2S. The van der Waals surface area contributed by atoms with Crippen molar-refractivity contribution in [2.75, 3.05) is 24.2 Å². The number of rotatable bonds is 6. The highest BCUT2D eigenvalue weighted by molar-refractivity contribution is 7.89. The number of aryl methyl sites for hydroxylation is 2. The minimum absolute atomic E-state index is 0.0359. The highest BCUT2D eigenvalue weighted by Gasteiger charge is 2.10. The number of hydrogen-bond acceptors (Lipinski definition) is 5. The SMILES string of the molecule is CCNS(=O)(=O)CCNc1nc(C)c(C)nc1Cl. The molecule has 0 aliphatic rings. The predicted molar refractivity (Wildman–Crippen MR) is 72.5 cm³/mol. The number of nitrogens with one attached hydrogen (secondary N) is 2. The molecule has 1 aromatic rings. The van der Waals surface area contributed by atoms with Crippen LogP contribution >= 0.6 is 11.6 Å². The summed E-state index contributed by atoms with van der Waals surface area (Å²) < 4.78 is 25.2. The van der Waals surface area contributed by atoms with Crippen LogP contribution in [0, 0.1) is 13.8 Å². The van der Waals surface area contributed by atoms with E-state index in [9.17, 15) is 8.42 Å². The lowest BCUT2D eigenvalue weighted by atomic mass is 10.3. The van der Waals surface area contributed by atoms with E-state index in [1.165, 1.54) is 0 Å². The topological polar surface area (TPSA) is 84.0 Å². The van der Waals surface area contributed by atoms with E-state index < -0.39 is 10.0 Å². The van der Waals surface area contributed by atoms with Crippen LogP contribution in [-0.2, 0) is 10.0 Å². The molecule has 0 atom stereocenters. The summed E-state index contributed by atoms with van der Waals surface area (Å²) in [5, 5.41) is 3.12. The molecule has 1 rings (SSSR count). The van der Waals surface area contributed by atoms with Gasteiger partial charge in [0, 0.05) is 13.1 Å². The summed E-state index contributed by atoms with van der Waals surface area (Å²) in [6.45, 7) is 5.97. The van der Waals surface area contributed by atoms with Gasteiger partial charge in [-0.05, 0) is 13.8 Å². The molecular weight excluding hydrogens is 276 g/mol. The van der Waals surface area contributed by atoms with E-state index in [1.807, 2.05) is 13.8 Å². The molecule has 6 nitrogen and oxygen atoms in total. The Balaban J connectivity index is 2.62. The van der Waals surface area contributed by atoms with Crippen molar-refractivity contribution in [1.29, 1.82) is 0 Å². The summed E-state index contributed by atoms with van der Waals surface area (Å²) in [7, 11) is -3.24. The van der Waals surface area contributed by atoms with E-state index in [1.54, 1.807) is 6.92 Å². The maximum atomic E-state index is 11.4. The van der Waals surface area contributed by atoms with E-state index in [-0.39, 0.29) is 17.5 Å². The Labute approximate surface area is 112 Å². The molecule has 18 heavy (non-hydrogen) atoms. The molecule has 0 bridgehead atoms. The molecule has 0 amide bonds. The number of anilines is 1. The van der Waals surface area contributed by atoms with Gasteiger partial charge in [0.25, 0.3) is 0 Å². The fourth-order valence-electron chi connectivity index (χ4n) is 1.28. The standard InChI is InChI=1S/C10H17ClN4O2S/c1-4-13-18(16,17)6-5-12-10-9(11)14-7(2)8(3)15-10/h13H,4-6H2,1-3H3,(H,12,15). The van der Waals surface area contributed by atoms with Gasteiger partial charge in [-0.15, -0.1) is 0 Å². The van der Waals surface area contributed by atoms with Crippen LogP contribution in [0.4, 0.5) is 5.82 Å². The third kappa shape index (κ3) is 4.40. The number of halogens is 1. The minimum Gasteiger partial charge on any atom is -0.366 e. The van der Waals surface area contributed by atoms with Crippen molar-refractivity contribution in [1.82, 2.24) is 14.7 Å². The summed E-state index contributed by atoms with van der Waals surface area (Å²) in [5.74, 6) is 0.373. The Morgan fingerprint density at radius 1 is 1.22 bits per heavy atom. The average Bonchev–Trinajstić information content (AvgIpc) is 2.25. The Morgan fingerprint density at radius 3 is 2.44 bits per heavy atom. The Bertz CT molecular complexity index is 519. The van der Waals surface area contributed by atoms with E-state index in [0.29, 0.717) is 12.4 Å². The molecule has 0 aliphatic heterocycles. The second kappa shape index (κ2) is 6.31. The second-order valence-corrected chi connectivity index (χ2v) is 6.06. The third-order valence-corrected chi connectivity index (χ3v) is 4.03. The molecule has 0 aromatic carbocycles. The molecule has 0 aliphatic carbocycles. The zero-order valence-corrected chi connectivity index (χ0v) is 12.2. The van der Waals surface area contributed by atoms with Crippen LogP contribution in [0.5, 0.6) is 0 Å². The maximum Gasteiger partial charge on any atom is 0.213 e. The van der Waals surface area contributed by atoms with Gasteiger partial charge in [0.05, 0.1) is 17.1 Å². The van der Waals surface area contributed by atoms with Crippen molar-refractivity contribution in [3.05, 3.63) is 16.5 Å². The van der Waals surface area contributed by atoms with Crippen molar-refractivity contribution >= 4 is 27.4 Å². The average molecular weight is 293 g/mol. The fourth-order valence-corrected chi connectivity index (χ4v) is 2.47. The lowest BCUT2D eigenvalue weighted by Crippen LogP contribution is -2.29. The molecule has 0 saturated carbocycles. The van der Waals surface area contributed by atoms with Crippen molar-refractivity contribution < 1.29 is 8.42 Å². The number of sulfonamides is 1. The Kier molecular flexibility index (Phi) is 5.30. The van der Waals surface area contributed by atoms with Gasteiger partial charge in [0.15, 0.2) is 11.0 Å². The Hall–Kier alpha value is -0.920. The summed E-state index contributed by atoms with van der Waals surface area (Å²) >= 11 is 5.91. The van der Waals surface area contributed by atoms with E-state index in [0.717, 1.165) is 11.4 Å². The van der Waals surface area contributed by atoms with Gasteiger partial charge in [-0.3, -0.25) is 0 Å². The summed E-state index contributed by atoms with van der Waals surface area (Å²) in [6, 6.07) is 0. The highest BCUT2D eigenvalue weighted by atomic mass is 35.5. The van der Waals surface area contributed by atoms with Gasteiger partial charge < -0.3 is 5.32 Å². The first-order valence-electron chi connectivity index (χ1n) is 5.57. The van der Waals surface area contributed by atoms with Gasteiger partial charge in [-0.25, -0.2) is 23.1 Å². The van der Waals surface area contributed by atoms with E-state index >= 15 is 0 Å². The smallest absolute Gasteiger partial charge is 0.213 e. The van der Waals surface area contributed by atoms with Crippen molar-refractivity contribution in [2.45, 2.75) is 20.8 Å². The molecule has 0 spiro atoms. The number of hydrogen-bond donors (Lipinski definition) is 2. The maximum absolute atomic E-state index is 11.4. The molecule has 1 aromatic heterocycles. The van der Waals surface area contributed by atoms with Crippen LogP contribution in [-0.4, -0.2) is 37.2 Å². The van der Waals surface area contributed by atoms with E-state index in [2.05, 4.69) is 20.0 Å². The van der Waals surface area contributed by atoms with Crippen molar-refractivity contribution in [3.8, 4) is 0 Å². The van der Waals surface area contributed by atoms with Gasteiger partial charge >= 0.3 is 0 Å². The largest absolute Gasteiger partial charge is 0.366 e. The van der Waals surface area contributed by atoms with Gasteiger partial charge in [0.2, 0.25) is 10.0 Å². The summed E-state index contributed by atoms with van der Waals surface area (Å²) in [4.78, 5) is 8.32. The van der Waals surface area contributed by atoms with Crippen LogP contribution < -0.4 is 10.0 Å². The Morgan fingerprint density at radius 2 is 1.83 bits per heavy atom. The molecule has 1 heterocycles. The molecule has 0 fully saturated rings. The van der Waals surface area contributed by atoms with Crippen molar-refractivity contribution in [2.24, 2.45) is 0 Å². The van der Waals surface area contributed by atoms with Gasteiger partial charge in [0.1, 0.15) is 0 Å². The number of nitrogens with zero attached hydrogens (tertiary/aromatic N) is 2. The van der Waals surface area contributed by atoms with Crippen LogP contribution in [0.2, 0.25) is 5.15 Å². The fraction of sp³-hybridized carbons (Fsp3) is 0.600.